The Bertz CT molecular complexity index is 127. The van der Waals surface area contributed by atoms with E-state index in [-0.39, 0.29) is 6.42 Å². The summed E-state index contributed by atoms with van der Waals surface area (Å²) in [4.78, 5) is 0. The van der Waals surface area contributed by atoms with Crippen molar-refractivity contribution in [3.63, 3.8) is 0 Å². The third kappa shape index (κ3) is 2.38. The first-order chi connectivity index (χ1) is 5.51. The van der Waals surface area contributed by atoms with Crippen LogP contribution in [-0.4, -0.2) is 42.7 Å². The summed E-state index contributed by atoms with van der Waals surface area (Å²) in [6, 6.07) is 0. The number of hydrogen-bond acceptors (Lipinski definition) is 4. The highest BCUT2D eigenvalue weighted by molar-refractivity contribution is 4.77. The van der Waals surface area contributed by atoms with Gasteiger partial charge in [0.1, 0.15) is 0 Å². The number of alkyl halides is 1. The number of methoxy groups -OCH3 is 2. The van der Waals surface area contributed by atoms with Gasteiger partial charge in [0, 0.05) is 20.6 Å². The van der Waals surface area contributed by atoms with Crippen LogP contribution in [0.1, 0.15) is 13.3 Å². The zero-order valence-corrected chi connectivity index (χ0v) is 7.45. The summed E-state index contributed by atoms with van der Waals surface area (Å²) in [5, 5.41) is 18.2. The average molecular weight is 182 g/mol. The van der Waals surface area contributed by atoms with Gasteiger partial charge in [-0.1, -0.05) is 6.92 Å². The van der Waals surface area contributed by atoms with Crippen LogP contribution in [0.3, 0.4) is 0 Å². The zero-order valence-electron chi connectivity index (χ0n) is 7.45. The Morgan fingerprint density at radius 2 is 2.00 bits per heavy atom. The first kappa shape index (κ1) is 11.8. The second-order valence-corrected chi connectivity index (χ2v) is 2.43. The minimum Gasteiger partial charge on any atom is -0.365 e. The first-order valence-corrected chi connectivity index (χ1v) is 3.64. The van der Waals surface area contributed by atoms with Crippen LogP contribution in [0, 0.1) is 0 Å². The van der Waals surface area contributed by atoms with E-state index in [1.54, 1.807) is 6.92 Å². The van der Waals surface area contributed by atoms with Gasteiger partial charge in [0.05, 0.1) is 0 Å². The van der Waals surface area contributed by atoms with Gasteiger partial charge >= 0.3 is 0 Å². The molecular weight excluding hydrogens is 167 g/mol. The molecule has 0 heterocycles. The molecule has 0 rings (SSSR count). The minimum absolute atomic E-state index is 0.0328. The highest BCUT2D eigenvalue weighted by Crippen LogP contribution is 2.22. The van der Waals surface area contributed by atoms with E-state index in [1.807, 2.05) is 0 Å². The fourth-order valence-corrected chi connectivity index (χ4v) is 0.794. The number of ether oxygens (including phenoxy) is 2. The molecule has 0 aromatic rings. The molecule has 0 radical (unpaired) electrons. The van der Waals surface area contributed by atoms with Gasteiger partial charge in [-0.3, -0.25) is 0 Å². The van der Waals surface area contributed by atoms with Gasteiger partial charge < -0.3 is 19.7 Å². The van der Waals surface area contributed by atoms with Crippen molar-refractivity contribution in [1.29, 1.82) is 0 Å². The first-order valence-electron chi connectivity index (χ1n) is 3.64. The van der Waals surface area contributed by atoms with E-state index < -0.39 is 18.2 Å². The van der Waals surface area contributed by atoms with Crippen molar-refractivity contribution in [3.05, 3.63) is 0 Å². The molecule has 0 amide bonds. The predicted octanol–water partition coefficient (Wildman–Crippen LogP) is 0.0343. The summed E-state index contributed by atoms with van der Waals surface area (Å²) in [6.45, 7) is 1.54. The lowest BCUT2D eigenvalue weighted by Crippen LogP contribution is -2.48. The van der Waals surface area contributed by atoms with E-state index in [1.165, 1.54) is 7.11 Å². The Morgan fingerprint density at radius 3 is 2.25 bits per heavy atom. The molecule has 0 aliphatic rings. The molecule has 3 atom stereocenters. The Hall–Kier alpha value is -0.230. The van der Waals surface area contributed by atoms with E-state index in [4.69, 9.17) is 5.11 Å². The highest BCUT2D eigenvalue weighted by Gasteiger charge is 2.40. The van der Waals surface area contributed by atoms with Crippen molar-refractivity contribution < 1.29 is 24.1 Å². The maximum atomic E-state index is 13.1. The third-order valence-electron chi connectivity index (χ3n) is 1.78. The summed E-state index contributed by atoms with van der Waals surface area (Å²) < 4.78 is 21.9. The van der Waals surface area contributed by atoms with Crippen molar-refractivity contribution >= 4 is 0 Å². The van der Waals surface area contributed by atoms with Crippen LogP contribution < -0.4 is 0 Å². The number of halogens is 1. The molecule has 0 aliphatic heterocycles. The quantitative estimate of drug-likeness (QED) is 0.589. The molecule has 0 spiro atoms. The highest BCUT2D eigenvalue weighted by atomic mass is 19.1. The summed E-state index contributed by atoms with van der Waals surface area (Å²) in [6.07, 6.45) is -3.61. The van der Waals surface area contributed by atoms with E-state index in [2.05, 4.69) is 9.47 Å². The predicted molar refractivity (Wildman–Crippen MR) is 40.2 cm³/mol. The van der Waals surface area contributed by atoms with Gasteiger partial charge in [-0.15, -0.1) is 0 Å². The van der Waals surface area contributed by atoms with E-state index >= 15 is 0 Å². The third-order valence-corrected chi connectivity index (χ3v) is 1.78. The molecule has 0 saturated heterocycles. The molecule has 12 heavy (non-hydrogen) atoms. The monoisotopic (exact) mass is 182 g/mol. The second-order valence-electron chi connectivity index (χ2n) is 2.43. The minimum atomic E-state index is -1.98. The molecule has 0 bridgehead atoms. The Labute approximate surface area is 70.9 Å². The van der Waals surface area contributed by atoms with Crippen molar-refractivity contribution in [2.45, 2.75) is 31.6 Å². The number of aliphatic hydroxyl groups is 2. The molecule has 4 nitrogen and oxygen atoms in total. The lowest BCUT2D eigenvalue weighted by molar-refractivity contribution is -0.275. The summed E-state index contributed by atoms with van der Waals surface area (Å²) in [5.74, 6) is -1.98. The topological polar surface area (TPSA) is 58.9 Å². The van der Waals surface area contributed by atoms with E-state index in [9.17, 15) is 9.50 Å². The smallest absolute Gasteiger partial charge is 0.204 e. The number of hydrogen-bond donors (Lipinski definition) is 2. The normalized spacial score (nSPS) is 21.5. The molecule has 2 N–H and O–H groups in total. The molecule has 0 fully saturated rings. The van der Waals surface area contributed by atoms with Crippen LogP contribution in [0.5, 0.6) is 0 Å². The van der Waals surface area contributed by atoms with E-state index in [0.29, 0.717) is 0 Å². The van der Waals surface area contributed by atoms with Gasteiger partial charge in [0.25, 0.3) is 0 Å². The molecular formula is C7H15FO4. The number of aliphatic hydroxyl groups excluding tert-OH is 1. The van der Waals surface area contributed by atoms with Crippen LogP contribution in [0.15, 0.2) is 0 Å². The van der Waals surface area contributed by atoms with Crippen molar-refractivity contribution in [3.8, 4) is 0 Å². The second kappa shape index (κ2) is 4.71. The molecule has 0 saturated carbocycles. The van der Waals surface area contributed by atoms with Crippen molar-refractivity contribution in [1.82, 2.24) is 0 Å². The summed E-state index contributed by atoms with van der Waals surface area (Å²) >= 11 is 0. The maximum absolute atomic E-state index is 13.1. The molecule has 5 heteroatoms. The zero-order chi connectivity index (χ0) is 9.78. The largest absolute Gasteiger partial charge is 0.365 e. The summed E-state index contributed by atoms with van der Waals surface area (Å²) in [7, 11) is 2.31. The van der Waals surface area contributed by atoms with Crippen LogP contribution in [0.4, 0.5) is 4.39 Å². The van der Waals surface area contributed by atoms with Gasteiger partial charge in [0.2, 0.25) is 12.0 Å². The van der Waals surface area contributed by atoms with Crippen molar-refractivity contribution in [2.24, 2.45) is 0 Å². The van der Waals surface area contributed by atoms with Crippen LogP contribution >= 0.6 is 0 Å². The van der Waals surface area contributed by atoms with Crippen LogP contribution in [0.2, 0.25) is 0 Å². The maximum Gasteiger partial charge on any atom is 0.204 e. The van der Waals surface area contributed by atoms with Crippen LogP contribution in [-0.2, 0) is 9.47 Å². The number of rotatable bonds is 5. The van der Waals surface area contributed by atoms with Gasteiger partial charge in [-0.05, 0) is 0 Å². The van der Waals surface area contributed by atoms with Crippen molar-refractivity contribution in [2.75, 3.05) is 14.2 Å². The fraction of sp³-hybridized carbons (Fsp3) is 1.00. The van der Waals surface area contributed by atoms with E-state index in [0.717, 1.165) is 7.11 Å². The van der Waals surface area contributed by atoms with Gasteiger partial charge in [-0.2, -0.15) is 0 Å². The van der Waals surface area contributed by atoms with Gasteiger partial charge in [-0.25, -0.2) is 4.39 Å². The molecule has 0 aromatic heterocycles. The fourth-order valence-electron chi connectivity index (χ4n) is 0.794. The molecule has 74 valence electrons. The lowest BCUT2D eigenvalue weighted by Gasteiger charge is -2.30. The Balaban J connectivity index is 4.29. The Kier molecular flexibility index (Phi) is 4.62. The SMILES string of the molecule is CCC(O)(OC)C(F)C(O)OC. The lowest BCUT2D eigenvalue weighted by atomic mass is 10.1. The standard InChI is InChI=1S/C7H15FO4/c1-4-7(10,12-3)5(8)6(9)11-2/h5-6,9-10H,4H2,1-3H3. The average Bonchev–Trinajstić information content (AvgIpc) is 2.14. The molecule has 3 unspecified atom stereocenters. The molecule has 0 aromatic carbocycles. The summed E-state index contributed by atoms with van der Waals surface area (Å²) in [5.41, 5.74) is 0. The van der Waals surface area contributed by atoms with Crippen LogP contribution in [0.25, 0.3) is 0 Å². The van der Waals surface area contributed by atoms with Gasteiger partial charge in [0.15, 0.2) is 6.29 Å². The Morgan fingerprint density at radius 1 is 1.50 bits per heavy atom. The molecule has 0 aliphatic carbocycles.